The van der Waals surface area contributed by atoms with Crippen LogP contribution in [0.5, 0.6) is 0 Å². The van der Waals surface area contributed by atoms with Crippen molar-refractivity contribution in [2.45, 2.75) is 21.1 Å². The Morgan fingerprint density at radius 2 is 1.50 bits per heavy atom. The number of carbonyl (C=O) groups is 2. The average molecular weight is 456 g/mol. The average Bonchev–Trinajstić information content (AvgIpc) is 2.77. The second-order valence-corrected chi connectivity index (χ2v) is 9.08. The molecule has 4 rings (SSSR count). The molecule has 3 aromatic carbocycles. The summed E-state index contributed by atoms with van der Waals surface area (Å²) in [5.41, 5.74) is 1.60. The third-order valence-electron chi connectivity index (χ3n) is 4.44. The van der Waals surface area contributed by atoms with Crippen molar-refractivity contribution in [2.24, 2.45) is 0 Å². The molecule has 0 saturated heterocycles. The first-order valence-electron chi connectivity index (χ1n) is 9.35. The van der Waals surface area contributed by atoms with E-state index in [0.717, 1.165) is 26.1 Å². The van der Waals surface area contributed by atoms with Gasteiger partial charge in [-0.3, -0.25) is 14.5 Å². The van der Waals surface area contributed by atoms with Crippen LogP contribution in [0, 0.1) is 0 Å². The van der Waals surface area contributed by atoms with Crippen LogP contribution >= 0.6 is 35.1 Å². The van der Waals surface area contributed by atoms with Gasteiger partial charge in [0.15, 0.2) is 6.61 Å². The molecule has 0 aromatic heterocycles. The standard InChI is InChI=1S/C23H18ClNO3S2/c24-16-7-1-4-10-19(16)29-14-13-23(27)28-15-22(26)25-17-8-2-5-11-20(17)30-21-12-6-3-9-18(21)25/h1-12H,13-15H2. The van der Waals surface area contributed by atoms with Crippen LogP contribution in [0.15, 0.2) is 87.5 Å². The number of anilines is 2. The summed E-state index contributed by atoms with van der Waals surface area (Å²) in [7, 11) is 0. The summed E-state index contributed by atoms with van der Waals surface area (Å²) < 4.78 is 5.27. The number of esters is 1. The number of amides is 1. The molecule has 152 valence electrons. The topological polar surface area (TPSA) is 46.6 Å². The van der Waals surface area contributed by atoms with Crippen molar-refractivity contribution < 1.29 is 14.3 Å². The summed E-state index contributed by atoms with van der Waals surface area (Å²) in [5.74, 6) is -0.152. The normalized spacial score (nSPS) is 12.1. The highest BCUT2D eigenvalue weighted by Gasteiger charge is 2.28. The predicted molar refractivity (Wildman–Crippen MR) is 122 cm³/mol. The second-order valence-electron chi connectivity index (χ2n) is 6.46. The van der Waals surface area contributed by atoms with E-state index in [0.29, 0.717) is 10.8 Å². The molecule has 3 aromatic rings. The van der Waals surface area contributed by atoms with Gasteiger partial charge in [-0.1, -0.05) is 59.8 Å². The highest BCUT2D eigenvalue weighted by atomic mass is 35.5. The van der Waals surface area contributed by atoms with Gasteiger partial charge in [0.2, 0.25) is 0 Å². The van der Waals surface area contributed by atoms with Crippen molar-refractivity contribution in [3.63, 3.8) is 0 Å². The fourth-order valence-corrected chi connectivity index (χ4v) is 5.29. The number of ether oxygens (including phenoxy) is 1. The first-order valence-corrected chi connectivity index (χ1v) is 11.5. The maximum atomic E-state index is 13.0. The summed E-state index contributed by atoms with van der Waals surface area (Å²) in [6.07, 6.45) is 0.201. The largest absolute Gasteiger partial charge is 0.456 e. The molecule has 0 radical (unpaired) electrons. The summed E-state index contributed by atoms with van der Waals surface area (Å²) in [4.78, 5) is 29.7. The first-order chi connectivity index (χ1) is 14.6. The molecule has 0 saturated carbocycles. The van der Waals surface area contributed by atoms with Crippen LogP contribution in [-0.2, 0) is 14.3 Å². The van der Waals surface area contributed by atoms with Crippen LogP contribution in [-0.4, -0.2) is 24.2 Å². The molecular formula is C23H18ClNO3S2. The van der Waals surface area contributed by atoms with Gasteiger partial charge >= 0.3 is 5.97 Å². The number of hydrogen-bond donors (Lipinski definition) is 0. The fourth-order valence-electron chi connectivity index (χ4n) is 3.06. The van der Waals surface area contributed by atoms with Crippen molar-refractivity contribution in [1.82, 2.24) is 0 Å². The molecule has 4 nitrogen and oxygen atoms in total. The number of thioether (sulfide) groups is 1. The fraction of sp³-hybridized carbons (Fsp3) is 0.130. The number of hydrogen-bond acceptors (Lipinski definition) is 5. The van der Waals surface area contributed by atoms with Gasteiger partial charge < -0.3 is 4.74 Å². The minimum atomic E-state index is -0.407. The van der Waals surface area contributed by atoms with E-state index >= 15 is 0 Å². The summed E-state index contributed by atoms with van der Waals surface area (Å²) in [6.45, 7) is -0.303. The van der Waals surface area contributed by atoms with E-state index in [1.807, 2.05) is 72.8 Å². The number of rotatable bonds is 6. The Labute approximate surface area is 188 Å². The number of carbonyl (C=O) groups excluding carboxylic acids is 2. The van der Waals surface area contributed by atoms with Crippen molar-refractivity contribution in [1.29, 1.82) is 0 Å². The molecule has 0 bridgehead atoms. The van der Waals surface area contributed by atoms with E-state index in [-0.39, 0.29) is 18.9 Å². The molecule has 1 aliphatic rings. The first kappa shape index (κ1) is 20.8. The van der Waals surface area contributed by atoms with Crippen LogP contribution in [0.2, 0.25) is 5.02 Å². The lowest BCUT2D eigenvalue weighted by Crippen LogP contribution is -2.32. The maximum absolute atomic E-state index is 13.0. The summed E-state index contributed by atoms with van der Waals surface area (Å²) in [6, 6.07) is 22.9. The monoisotopic (exact) mass is 455 g/mol. The van der Waals surface area contributed by atoms with Gasteiger partial charge in [0.1, 0.15) is 0 Å². The summed E-state index contributed by atoms with van der Waals surface area (Å²) in [5, 5.41) is 0.659. The van der Waals surface area contributed by atoms with Gasteiger partial charge in [0.05, 0.1) is 22.8 Å². The number of fused-ring (bicyclic) bond motifs is 2. The molecule has 0 fully saturated rings. The zero-order valence-corrected chi connectivity index (χ0v) is 18.3. The maximum Gasteiger partial charge on any atom is 0.307 e. The Morgan fingerprint density at radius 1 is 0.900 bits per heavy atom. The molecule has 1 heterocycles. The Morgan fingerprint density at radius 3 is 2.17 bits per heavy atom. The van der Waals surface area contributed by atoms with Crippen molar-refractivity contribution in [3.05, 3.63) is 77.8 Å². The smallest absolute Gasteiger partial charge is 0.307 e. The van der Waals surface area contributed by atoms with E-state index in [9.17, 15) is 9.59 Å². The quantitative estimate of drug-likeness (QED) is 0.327. The molecule has 0 spiro atoms. The lowest BCUT2D eigenvalue weighted by atomic mass is 10.2. The molecule has 7 heteroatoms. The summed E-state index contributed by atoms with van der Waals surface area (Å²) >= 11 is 9.23. The Balaban J connectivity index is 1.37. The molecule has 1 aliphatic heterocycles. The Hall–Kier alpha value is -2.41. The third kappa shape index (κ3) is 4.67. The molecule has 1 amide bonds. The van der Waals surface area contributed by atoms with Crippen LogP contribution < -0.4 is 4.90 Å². The minimum absolute atomic E-state index is 0.201. The Bertz CT molecular complexity index is 1040. The molecule has 30 heavy (non-hydrogen) atoms. The zero-order valence-electron chi connectivity index (χ0n) is 15.9. The van der Waals surface area contributed by atoms with Crippen LogP contribution in [0.25, 0.3) is 0 Å². The highest BCUT2D eigenvalue weighted by Crippen LogP contribution is 2.47. The van der Waals surface area contributed by atoms with Crippen molar-refractivity contribution >= 4 is 58.4 Å². The number of nitrogens with zero attached hydrogens (tertiary/aromatic N) is 1. The van der Waals surface area contributed by atoms with E-state index in [1.165, 1.54) is 11.8 Å². The lowest BCUT2D eigenvalue weighted by molar-refractivity contribution is -0.147. The van der Waals surface area contributed by atoms with E-state index in [4.69, 9.17) is 16.3 Å². The van der Waals surface area contributed by atoms with Crippen LogP contribution in [0.4, 0.5) is 11.4 Å². The van der Waals surface area contributed by atoms with E-state index in [1.54, 1.807) is 16.7 Å². The van der Waals surface area contributed by atoms with Gasteiger partial charge in [-0.15, -0.1) is 11.8 Å². The third-order valence-corrected chi connectivity index (χ3v) is 7.09. The van der Waals surface area contributed by atoms with Crippen molar-refractivity contribution in [3.8, 4) is 0 Å². The minimum Gasteiger partial charge on any atom is -0.456 e. The molecule has 0 N–H and O–H groups in total. The van der Waals surface area contributed by atoms with Gasteiger partial charge in [-0.2, -0.15) is 0 Å². The number of para-hydroxylation sites is 2. The van der Waals surface area contributed by atoms with Gasteiger partial charge in [0.25, 0.3) is 5.91 Å². The molecule has 0 atom stereocenters. The van der Waals surface area contributed by atoms with Crippen LogP contribution in [0.1, 0.15) is 6.42 Å². The van der Waals surface area contributed by atoms with Gasteiger partial charge in [-0.05, 0) is 36.4 Å². The molecular weight excluding hydrogens is 438 g/mol. The predicted octanol–water partition coefficient (Wildman–Crippen LogP) is 6.19. The van der Waals surface area contributed by atoms with Gasteiger partial charge in [0, 0.05) is 20.4 Å². The molecule has 0 aliphatic carbocycles. The van der Waals surface area contributed by atoms with Gasteiger partial charge in [-0.25, -0.2) is 0 Å². The molecule has 0 unspecified atom stereocenters. The zero-order chi connectivity index (χ0) is 20.9. The number of benzene rings is 3. The van der Waals surface area contributed by atoms with E-state index in [2.05, 4.69) is 0 Å². The second kappa shape index (κ2) is 9.60. The van der Waals surface area contributed by atoms with Crippen molar-refractivity contribution in [2.75, 3.05) is 17.3 Å². The van der Waals surface area contributed by atoms with Crippen LogP contribution in [0.3, 0.4) is 0 Å². The Kier molecular flexibility index (Phi) is 6.67. The SMILES string of the molecule is O=C(CCSc1ccccc1Cl)OCC(=O)N1c2ccccc2Sc2ccccc21. The van der Waals surface area contributed by atoms with E-state index < -0.39 is 5.97 Å². The highest BCUT2D eigenvalue weighted by molar-refractivity contribution is 8.00. The lowest BCUT2D eigenvalue weighted by Gasteiger charge is -2.30. The number of halogens is 1.